The van der Waals surface area contributed by atoms with Crippen molar-refractivity contribution in [3.63, 3.8) is 0 Å². The van der Waals surface area contributed by atoms with E-state index in [2.05, 4.69) is 13.5 Å². The summed E-state index contributed by atoms with van der Waals surface area (Å²) in [4.78, 5) is 0. The minimum atomic E-state index is -0.417. The van der Waals surface area contributed by atoms with Crippen LogP contribution in [0.5, 0.6) is 0 Å². The summed E-state index contributed by atoms with van der Waals surface area (Å²) in [5.74, 6) is 0.471. The molecule has 10 heavy (non-hydrogen) atoms. The third-order valence-corrected chi connectivity index (χ3v) is 1.89. The van der Waals surface area contributed by atoms with Gasteiger partial charge in [0.15, 0.2) is 0 Å². The first-order valence-corrected chi connectivity index (χ1v) is 4.16. The van der Waals surface area contributed by atoms with E-state index in [9.17, 15) is 5.11 Å². The average Bonchev–Trinajstić information content (AvgIpc) is 1.99. The van der Waals surface area contributed by atoms with Gasteiger partial charge in [0.05, 0.1) is 6.10 Å². The Morgan fingerprint density at radius 1 is 1.70 bits per heavy atom. The number of rotatable bonds is 5. The number of hydrogen-bond acceptors (Lipinski definition) is 1. The van der Waals surface area contributed by atoms with E-state index < -0.39 is 6.10 Å². The Morgan fingerprint density at radius 2 is 2.30 bits per heavy atom. The number of halogens is 1. The summed E-state index contributed by atoms with van der Waals surface area (Å²) in [5.41, 5.74) is 0. The van der Waals surface area contributed by atoms with Gasteiger partial charge in [-0.25, -0.2) is 0 Å². The van der Waals surface area contributed by atoms with Gasteiger partial charge in [-0.05, 0) is 6.42 Å². The molecule has 0 aliphatic heterocycles. The molecule has 0 amide bonds. The van der Waals surface area contributed by atoms with Crippen LogP contribution in [0.3, 0.4) is 0 Å². The molecule has 2 atom stereocenters. The second-order valence-corrected chi connectivity index (χ2v) is 2.72. The standard InChI is InChI=1S/C8H15ClO/c1-3-5-7(4-2)8(10)6-9/h4,7-8,10H,2-3,5-6H2,1H3. The molecule has 0 aliphatic carbocycles. The molecule has 2 heteroatoms. The first-order chi connectivity index (χ1) is 4.76. The van der Waals surface area contributed by atoms with Crippen LogP contribution >= 0.6 is 11.6 Å². The van der Waals surface area contributed by atoms with Gasteiger partial charge in [0, 0.05) is 11.8 Å². The van der Waals surface area contributed by atoms with Gasteiger partial charge in [-0.3, -0.25) is 0 Å². The van der Waals surface area contributed by atoms with Crippen LogP contribution in [-0.4, -0.2) is 17.1 Å². The molecule has 1 N–H and O–H groups in total. The van der Waals surface area contributed by atoms with Crippen molar-refractivity contribution in [3.05, 3.63) is 12.7 Å². The molecular formula is C8H15ClO. The van der Waals surface area contributed by atoms with Crippen LogP contribution in [0.2, 0.25) is 0 Å². The Labute approximate surface area is 67.7 Å². The van der Waals surface area contributed by atoms with Crippen LogP contribution in [0.15, 0.2) is 12.7 Å². The smallest absolute Gasteiger partial charge is 0.0737 e. The summed E-state index contributed by atoms with van der Waals surface area (Å²) in [6.45, 7) is 5.71. The van der Waals surface area contributed by atoms with Crippen molar-refractivity contribution in [2.45, 2.75) is 25.9 Å². The fourth-order valence-corrected chi connectivity index (χ4v) is 1.14. The summed E-state index contributed by atoms with van der Waals surface area (Å²) in [6.07, 6.45) is 3.39. The lowest BCUT2D eigenvalue weighted by molar-refractivity contribution is 0.147. The molecule has 0 aliphatic rings. The van der Waals surface area contributed by atoms with Gasteiger partial charge < -0.3 is 5.11 Å². The Balaban J connectivity index is 3.67. The monoisotopic (exact) mass is 162 g/mol. The second kappa shape index (κ2) is 5.75. The molecule has 2 unspecified atom stereocenters. The van der Waals surface area contributed by atoms with Gasteiger partial charge in [0.2, 0.25) is 0 Å². The van der Waals surface area contributed by atoms with Crippen molar-refractivity contribution in [3.8, 4) is 0 Å². The Hall–Kier alpha value is -0.0100. The van der Waals surface area contributed by atoms with Gasteiger partial charge in [-0.1, -0.05) is 19.4 Å². The maximum absolute atomic E-state index is 9.25. The first-order valence-electron chi connectivity index (χ1n) is 3.62. The predicted molar refractivity (Wildman–Crippen MR) is 45.3 cm³/mol. The van der Waals surface area contributed by atoms with Crippen LogP contribution in [0.25, 0.3) is 0 Å². The highest BCUT2D eigenvalue weighted by Crippen LogP contribution is 2.13. The highest BCUT2D eigenvalue weighted by atomic mass is 35.5. The van der Waals surface area contributed by atoms with Crippen molar-refractivity contribution >= 4 is 11.6 Å². The summed E-state index contributed by atoms with van der Waals surface area (Å²) in [7, 11) is 0. The fourth-order valence-electron chi connectivity index (χ4n) is 0.915. The molecule has 0 fully saturated rings. The lowest BCUT2D eigenvalue weighted by Crippen LogP contribution is -2.19. The molecule has 0 rings (SSSR count). The molecule has 0 spiro atoms. The summed E-state index contributed by atoms with van der Waals surface area (Å²) in [6, 6.07) is 0. The molecule has 0 bridgehead atoms. The number of aliphatic hydroxyl groups is 1. The number of hydrogen-bond donors (Lipinski definition) is 1. The number of alkyl halides is 1. The highest BCUT2D eigenvalue weighted by molar-refractivity contribution is 6.18. The van der Waals surface area contributed by atoms with Crippen molar-refractivity contribution < 1.29 is 5.11 Å². The van der Waals surface area contributed by atoms with E-state index in [1.807, 2.05) is 0 Å². The van der Waals surface area contributed by atoms with Gasteiger partial charge in [-0.15, -0.1) is 18.2 Å². The largest absolute Gasteiger partial charge is 0.391 e. The van der Waals surface area contributed by atoms with E-state index in [0.29, 0.717) is 5.88 Å². The Kier molecular flexibility index (Phi) is 5.74. The van der Waals surface area contributed by atoms with E-state index in [1.165, 1.54) is 0 Å². The van der Waals surface area contributed by atoms with E-state index in [0.717, 1.165) is 12.8 Å². The highest BCUT2D eigenvalue weighted by Gasteiger charge is 2.12. The lowest BCUT2D eigenvalue weighted by Gasteiger charge is -2.15. The molecule has 0 radical (unpaired) electrons. The molecule has 0 saturated heterocycles. The molecule has 0 aromatic rings. The van der Waals surface area contributed by atoms with Crippen LogP contribution in [0.1, 0.15) is 19.8 Å². The van der Waals surface area contributed by atoms with E-state index in [4.69, 9.17) is 11.6 Å². The normalized spacial score (nSPS) is 16.3. The van der Waals surface area contributed by atoms with Crippen molar-refractivity contribution in [2.24, 2.45) is 5.92 Å². The van der Waals surface area contributed by atoms with Gasteiger partial charge in [0.1, 0.15) is 0 Å². The number of aliphatic hydroxyl groups excluding tert-OH is 1. The Morgan fingerprint density at radius 3 is 2.60 bits per heavy atom. The maximum Gasteiger partial charge on any atom is 0.0737 e. The molecule has 60 valence electrons. The van der Waals surface area contributed by atoms with Gasteiger partial charge in [-0.2, -0.15) is 0 Å². The molecule has 0 aromatic carbocycles. The van der Waals surface area contributed by atoms with Crippen molar-refractivity contribution in [1.82, 2.24) is 0 Å². The fraction of sp³-hybridized carbons (Fsp3) is 0.750. The quantitative estimate of drug-likeness (QED) is 0.486. The average molecular weight is 163 g/mol. The topological polar surface area (TPSA) is 20.2 Å². The van der Waals surface area contributed by atoms with E-state index >= 15 is 0 Å². The third kappa shape index (κ3) is 3.23. The second-order valence-electron chi connectivity index (χ2n) is 2.41. The zero-order chi connectivity index (χ0) is 7.98. The summed E-state index contributed by atoms with van der Waals surface area (Å²) < 4.78 is 0. The minimum absolute atomic E-state index is 0.169. The van der Waals surface area contributed by atoms with E-state index in [1.54, 1.807) is 6.08 Å². The summed E-state index contributed by atoms with van der Waals surface area (Å²) >= 11 is 5.46. The summed E-state index contributed by atoms with van der Waals surface area (Å²) in [5, 5.41) is 9.25. The Bertz CT molecular complexity index is 93.3. The van der Waals surface area contributed by atoms with Crippen molar-refractivity contribution in [2.75, 3.05) is 5.88 Å². The van der Waals surface area contributed by atoms with Crippen LogP contribution in [-0.2, 0) is 0 Å². The molecule has 0 saturated carbocycles. The van der Waals surface area contributed by atoms with Crippen LogP contribution in [0, 0.1) is 5.92 Å². The molecule has 0 aromatic heterocycles. The maximum atomic E-state index is 9.25. The zero-order valence-electron chi connectivity index (χ0n) is 6.39. The zero-order valence-corrected chi connectivity index (χ0v) is 7.14. The minimum Gasteiger partial charge on any atom is -0.391 e. The molecule has 1 nitrogen and oxygen atoms in total. The molecule has 0 heterocycles. The third-order valence-electron chi connectivity index (χ3n) is 1.58. The first kappa shape index (κ1) is 9.99. The predicted octanol–water partition coefficient (Wildman–Crippen LogP) is 2.19. The SMILES string of the molecule is C=CC(CCC)C(O)CCl. The lowest BCUT2D eigenvalue weighted by atomic mass is 9.99. The van der Waals surface area contributed by atoms with Crippen LogP contribution < -0.4 is 0 Å². The van der Waals surface area contributed by atoms with Crippen molar-refractivity contribution in [1.29, 1.82) is 0 Å². The van der Waals surface area contributed by atoms with Crippen LogP contribution in [0.4, 0.5) is 0 Å². The van der Waals surface area contributed by atoms with Gasteiger partial charge >= 0.3 is 0 Å². The van der Waals surface area contributed by atoms with E-state index in [-0.39, 0.29) is 5.92 Å². The molecular weight excluding hydrogens is 148 g/mol. The van der Waals surface area contributed by atoms with Gasteiger partial charge in [0.25, 0.3) is 0 Å².